The van der Waals surface area contributed by atoms with Crippen LogP contribution in [-0.2, 0) is 33.0 Å². The van der Waals surface area contributed by atoms with Crippen LogP contribution in [0, 0.1) is 12.3 Å². The van der Waals surface area contributed by atoms with Crippen molar-refractivity contribution < 1.29 is 47.7 Å². The van der Waals surface area contributed by atoms with E-state index in [1.54, 1.807) is 10.9 Å². The summed E-state index contributed by atoms with van der Waals surface area (Å²) in [5, 5.41) is 8.14. The first-order valence-electron chi connectivity index (χ1n) is 15.0. The first-order chi connectivity index (χ1) is 22.4. The molecule has 4 atom stereocenters. The highest BCUT2D eigenvalue weighted by molar-refractivity contribution is 7.63. The molecule has 4 unspecified atom stereocenters. The maximum Gasteiger partial charge on any atom is 0.242 e. The van der Waals surface area contributed by atoms with E-state index >= 15 is 0 Å². The van der Waals surface area contributed by atoms with Crippen LogP contribution in [0.25, 0.3) is 11.0 Å². The predicted octanol–water partition coefficient (Wildman–Crippen LogP) is 1.52. The van der Waals surface area contributed by atoms with Crippen molar-refractivity contribution in [1.29, 1.82) is 0 Å². The van der Waals surface area contributed by atoms with Gasteiger partial charge in [0.1, 0.15) is 18.5 Å². The van der Waals surface area contributed by atoms with E-state index in [2.05, 4.69) is 26.3 Å². The average molecular weight is 707 g/mol. The molecule has 0 aromatic carbocycles. The fourth-order valence-corrected chi connectivity index (χ4v) is 6.76. The lowest BCUT2D eigenvalue weighted by atomic mass is 10.2. The highest BCUT2D eigenvalue weighted by Gasteiger charge is 2.35. The largest absolute Gasteiger partial charge is 0.377 e. The molecule has 2 aromatic rings. The number of carbonyl (C=O) groups is 1. The van der Waals surface area contributed by atoms with Crippen molar-refractivity contribution in [2.45, 2.75) is 44.1 Å². The van der Waals surface area contributed by atoms with Gasteiger partial charge in [-0.25, -0.2) is 4.68 Å². The molecule has 4 heterocycles. The van der Waals surface area contributed by atoms with Gasteiger partial charge in [-0.2, -0.15) is 15.1 Å². The molecule has 0 saturated carbocycles. The number of hydrogen-bond donors (Lipinski definition) is 4. The number of hydrogen-bond acceptors (Lipinski definition) is 14. The Kier molecular flexibility index (Phi) is 16.0. The molecule has 46 heavy (non-hydrogen) atoms. The summed E-state index contributed by atoms with van der Waals surface area (Å²) in [6.07, 6.45) is 8.74. The van der Waals surface area contributed by atoms with Crippen LogP contribution in [0.4, 0.5) is 5.82 Å². The minimum Gasteiger partial charge on any atom is -0.377 e. The Labute approximate surface area is 274 Å². The summed E-state index contributed by atoms with van der Waals surface area (Å²) in [5.41, 5.74) is 0.486. The molecule has 0 spiro atoms. The van der Waals surface area contributed by atoms with Gasteiger partial charge in [-0.15, -0.1) is 6.42 Å². The third-order valence-electron chi connectivity index (χ3n) is 7.10. The molecule has 2 saturated heterocycles. The molecule has 4 rings (SSSR count). The first-order valence-corrected chi connectivity index (χ1v) is 18.2. The number of ether oxygens (including phenoxy) is 5. The number of aromatic nitrogens is 4. The highest BCUT2D eigenvalue weighted by atomic mass is 35.5. The summed E-state index contributed by atoms with van der Waals surface area (Å²) >= 11 is 6.36. The van der Waals surface area contributed by atoms with Gasteiger partial charge in [0, 0.05) is 13.1 Å². The molecule has 0 bridgehead atoms. The van der Waals surface area contributed by atoms with Crippen molar-refractivity contribution in [3.8, 4) is 12.3 Å². The van der Waals surface area contributed by atoms with Crippen molar-refractivity contribution in [2.24, 2.45) is 0 Å². The average Bonchev–Trinajstić information content (AvgIpc) is 3.79. The quantitative estimate of drug-likeness (QED) is 0.0632. The number of fused-ring (bicyclic) bond motifs is 1. The topological polar surface area (TPSA) is 192 Å². The van der Waals surface area contributed by atoms with E-state index in [-0.39, 0.29) is 36.4 Å². The van der Waals surface area contributed by atoms with Gasteiger partial charge >= 0.3 is 0 Å². The molecule has 16 nitrogen and oxygen atoms in total. The zero-order valence-electron chi connectivity index (χ0n) is 25.4. The second-order valence-corrected chi connectivity index (χ2v) is 13.5. The van der Waals surface area contributed by atoms with Gasteiger partial charge in [0.2, 0.25) is 11.2 Å². The van der Waals surface area contributed by atoms with E-state index in [4.69, 9.17) is 56.0 Å². The van der Waals surface area contributed by atoms with Gasteiger partial charge < -0.3 is 53.1 Å². The Morgan fingerprint density at radius 1 is 1.07 bits per heavy atom. The minimum absolute atomic E-state index is 0.0277. The van der Waals surface area contributed by atoms with Crippen LogP contribution in [-0.4, -0.2) is 131 Å². The normalized spacial score (nSPS) is 20.5. The van der Waals surface area contributed by atoms with Crippen LogP contribution in [0.3, 0.4) is 0 Å². The summed E-state index contributed by atoms with van der Waals surface area (Å²) in [7, 11) is -4.16. The van der Waals surface area contributed by atoms with Gasteiger partial charge in [0.25, 0.3) is 0 Å². The third kappa shape index (κ3) is 11.4. The molecular weight excluding hydrogens is 666 g/mol. The fourth-order valence-electron chi connectivity index (χ4n) is 5.07. The summed E-state index contributed by atoms with van der Waals surface area (Å²) in [5.74, 6) is 2.60. The predicted molar refractivity (Wildman–Crippen MR) is 170 cm³/mol. The Morgan fingerprint density at radius 2 is 1.78 bits per heavy atom. The van der Waals surface area contributed by atoms with Crippen LogP contribution < -0.4 is 10.2 Å². The van der Waals surface area contributed by atoms with Crippen molar-refractivity contribution >= 4 is 51.1 Å². The maximum absolute atomic E-state index is 13.1. The molecule has 19 heteroatoms. The molecule has 256 valence electrons. The molecule has 2 aliphatic heterocycles. The second-order valence-electron chi connectivity index (χ2n) is 10.3. The maximum atomic E-state index is 13.1. The molecule has 0 aliphatic carbocycles. The van der Waals surface area contributed by atoms with E-state index in [1.807, 2.05) is 4.90 Å². The van der Waals surface area contributed by atoms with Gasteiger partial charge in [-0.05, 0) is 37.3 Å². The standard InChI is InChI=1S/C27H41ClN6O10P2/c1-2-9-39-11-13-41-15-16-42-14-12-40-10-7-29-26(35)22-4-3-8-33(22)24-21-17-30-34(25(21)32-27(28)31-24)23-6-5-20(44-23)18-43-46(38)19-45(36)37/h1,17,20,22-23,36-38H,3-16,18-19H2,(H,29,35). The Hall–Kier alpha value is -1.83. The number of carbonyl (C=O) groups excluding carboxylic acids is 1. The molecular formula is C27H41ClN6O10P2. The lowest BCUT2D eigenvalue weighted by molar-refractivity contribution is -0.122. The second kappa shape index (κ2) is 19.9. The molecule has 2 fully saturated rings. The van der Waals surface area contributed by atoms with Gasteiger partial charge in [0.15, 0.2) is 28.6 Å². The molecule has 2 aromatic heterocycles. The van der Waals surface area contributed by atoms with Gasteiger partial charge in [0.05, 0.1) is 76.4 Å². The third-order valence-corrected chi connectivity index (χ3v) is 9.69. The number of nitrogens with zero attached hydrogens (tertiary/aromatic N) is 5. The summed E-state index contributed by atoms with van der Waals surface area (Å²) in [6.45, 7) is 4.33. The number of amides is 1. The van der Waals surface area contributed by atoms with E-state index in [9.17, 15) is 9.69 Å². The van der Waals surface area contributed by atoms with Crippen LogP contribution in [0.5, 0.6) is 0 Å². The molecule has 2 aliphatic rings. The zero-order valence-corrected chi connectivity index (χ0v) is 28.0. The zero-order chi connectivity index (χ0) is 32.7. The summed E-state index contributed by atoms with van der Waals surface area (Å²) in [4.78, 5) is 51.9. The van der Waals surface area contributed by atoms with E-state index in [1.165, 1.54) is 0 Å². The minimum atomic E-state index is -2.23. The Balaban J connectivity index is 1.21. The molecule has 0 radical (unpaired) electrons. The number of anilines is 1. The SMILES string of the molecule is C#CCOCCOCCOCCOCCNC(=O)C1CCCN1c1nc(Cl)nc2c1cnn2C1CCC(COP(O)CP(O)O)O1. The highest BCUT2D eigenvalue weighted by Crippen LogP contribution is 2.44. The number of terminal acetylenes is 1. The number of rotatable bonds is 21. The lowest BCUT2D eigenvalue weighted by Gasteiger charge is -2.25. The van der Waals surface area contributed by atoms with Crippen molar-refractivity contribution in [3.05, 3.63) is 11.5 Å². The molecule has 4 N–H and O–H groups in total. The van der Waals surface area contributed by atoms with Gasteiger partial charge in [-0.3, -0.25) is 4.79 Å². The monoisotopic (exact) mass is 706 g/mol. The lowest BCUT2D eigenvalue weighted by Crippen LogP contribution is -2.44. The summed E-state index contributed by atoms with van der Waals surface area (Å²) < 4.78 is 34.6. The van der Waals surface area contributed by atoms with E-state index in [0.717, 1.165) is 6.42 Å². The Morgan fingerprint density at radius 3 is 2.50 bits per heavy atom. The molecule has 1 amide bonds. The van der Waals surface area contributed by atoms with E-state index in [0.29, 0.717) is 95.5 Å². The fraction of sp³-hybridized carbons (Fsp3) is 0.704. The van der Waals surface area contributed by atoms with Crippen molar-refractivity contribution in [1.82, 2.24) is 25.1 Å². The van der Waals surface area contributed by atoms with Crippen LogP contribution in [0.15, 0.2) is 6.20 Å². The summed E-state index contributed by atoms with van der Waals surface area (Å²) in [6, 6.07) is -0.436. The van der Waals surface area contributed by atoms with Crippen LogP contribution in [0.1, 0.15) is 31.9 Å². The van der Waals surface area contributed by atoms with Crippen LogP contribution >= 0.6 is 28.4 Å². The number of nitrogens with one attached hydrogen (secondary N) is 1. The van der Waals surface area contributed by atoms with Crippen LogP contribution in [0.2, 0.25) is 5.28 Å². The van der Waals surface area contributed by atoms with Crippen molar-refractivity contribution in [2.75, 3.05) is 83.4 Å². The van der Waals surface area contributed by atoms with Gasteiger partial charge in [-0.1, -0.05) is 5.92 Å². The smallest absolute Gasteiger partial charge is 0.242 e. The number of halogens is 1. The Bertz CT molecular complexity index is 1270. The van der Waals surface area contributed by atoms with E-state index < -0.39 is 29.0 Å². The van der Waals surface area contributed by atoms with Crippen molar-refractivity contribution in [3.63, 3.8) is 0 Å². The first kappa shape index (κ1) is 37.0.